The average molecular weight is 689 g/mol. The first-order chi connectivity index (χ1) is 21.1. The topological polar surface area (TPSA) is 85.8 Å². The molecule has 7 nitrogen and oxygen atoms in total. The minimum absolute atomic E-state index is 0.275. The first kappa shape index (κ1) is 29.9. The highest BCUT2D eigenvalue weighted by Gasteiger charge is 2.32. The molecule has 0 saturated heterocycles. The highest BCUT2D eigenvalue weighted by atomic mass is 79.9. The molecule has 1 amide bonds. The van der Waals surface area contributed by atoms with Crippen LogP contribution in [0.3, 0.4) is 0 Å². The molecule has 1 atom stereocenters. The second kappa shape index (κ2) is 12.1. The zero-order valence-corrected chi connectivity index (χ0v) is 27.4. The fraction of sp³-hybridized carbons (Fsp3) is 0.147. The predicted octanol–water partition coefficient (Wildman–Crippen LogP) is 7.18. The van der Waals surface area contributed by atoms with Gasteiger partial charge in [0.05, 0.1) is 34.0 Å². The van der Waals surface area contributed by atoms with Crippen LogP contribution in [0.4, 0.5) is 5.69 Å². The molecule has 0 radical (unpaired) electrons. The number of benzene rings is 3. The molecular weight excluding hydrogens is 662 g/mol. The SMILES string of the molecule is COc1ccc([C@@H]2C(C(=O)Nc3ccc(C)cc3C)=C(C)N=c3s/c(=C/c4ccc(-c5ccc(Br)c(Cl)c5)o4)c(=O)n32)cc1. The fourth-order valence-corrected chi connectivity index (χ4v) is 6.67. The van der Waals surface area contributed by atoms with Crippen LogP contribution in [0, 0.1) is 13.8 Å². The lowest BCUT2D eigenvalue weighted by Crippen LogP contribution is -2.40. The number of hydrogen-bond donors (Lipinski definition) is 1. The highest BCUT2D eigenvalue weighted by molar-refractivity contribution is 9.10. The van der Waals surface area contributed by atoms with Crippen LogP contribution in [0.2, 0.25) is 5.02 Å². The summed E-state index contributed by atoms with van der Waals surface area (Å²) < 4.78 is 14.2. The Hall–Kier alpha value is -4.18. The van der Waals surface area contributed by atoms with Crippen LogP contribution >= 0.6 is 38.9 Å². The third-order valence-corrected chi connectivity index (χ3v) is 9.65. The van der Waals surface area contributed by atoms with Gasteiger partial charge < -0.3 is 14.5 Å². The minimum atomic E-state index is -0.706. The maximum absolute atomic E-state index is 14.0. The van der Waals surface area contributed by atoms with Gasteiger partial charge in [-0.25, -0.2) is 4.99 Å². The van der Waals surface area contributed by atoms with Crippen LogP contribution < -0.4 is 24.9 Å². The van der Waals surface area contributed by atoms with Gasteiger partial charge in [0.2, 0.25) is 0 Å². The molecule has 0 aliphatic carbocycles. The smallest absolute Gasteiger partial charge is 0.271 e. The minimum Gasteiger partial charge on any atom is -0.497 e. The second-order valence-electron chi connectivity index (χ2n) is 10.5. The van der Waals surface area contributed by atoms with Gasteiger partial charge in [-0.05, 0) is 90.3 Å². The van der Waals surface area contributed by atoms with Crippen molar-refractivity contribution in [2.24, 2.45) is 4.99 Å². The number of thiazole rings is 1. The molecular formula is C34H27BrClN3O4S. The standard InChI is InChI=1S/C34H27BrClN3O4S/c1-18-5-13-27(19(2)15-18)38-32(40)30-20(3)37-34-39(31(30)21-6-9-23(42-4)10-7-21)33(41)29(44-34)17-24-11-14-28(43-24)22-8-12-25(35)26(36)16-22/h5-17,31H,1-4H3,(H,38,40)/b29-17+/t31-/m1/s1. The number of carbonyl (C=O) groups excluding carboxylic acids is 1. The van der Waals surface area contributed by atoms with Crippen LogP contribution in [0.25, 0.3) is 17.4 Å². The molecule has 0 saturated carbocycles. The average Bonchev–Trinajstić information content (AvgIpc) is 3.59. The van der Waals surface area contributed by atoms with Gasteiger partial charge in [0.15, 0.2) is 4.80 Å². The normalized spacial score (nSPS) is 14.8. The molecule has 5 aromatic rings. The summed E-state index contributed by atoms with van der Waals surface area (Å²) in [6.45, 7) is 5.75. The molecule has 0 spiro atoms. The van der Waals surface area contributed by atoms with E-state index in [2.05, 4.69) is 21.2 Å². The monoisotopic (exact) mass is 687 g/mol. The van der Waals surface area contributed by atoms with E-state index in [1.165, 1.54) is 11.3 Å². The number of nitrogens with zero attached hydrogens (tertiary/aromatic N) is 2. The van der Waals surface area contributed by atoms with Crippen molar-refractivity contribution in [3.8, 4) is 17.1 Å². The molecule has 3 aromatic carbocycles. The first-order valence-electron chi connectivity index (χ1n) is 13.7. The van der Waals surface area contributed by atoms with E-state index in [1.54, 1.807) is 30.7 Å². The van der Waals surface area contributed by atoms with Crippen LogP contribution in [0.5, 0.6) is 5.75 Å². The Labute approximate surface area is 270 Å². The molecule has 1 N–H and O–H groups in total. The van der Waals surface area contributed by atoms with E-state index in [-0.39, 0.29) is 11.5 Å². The summed E-state index contributed by atoms with van der Waals surface area (Å²) in [5.74, 6) is 1.48. The Kier molecular flexibility index (Phi) is 8.20. The van der Waals surface area contributed by atoms with E-state index in [0.717, 1.165) is 26.7 Å². The number of hydrogen-bond acceptors (Lipinski definition) is 6. The fourth-order valence-electron chi connectivity index (χ4n) is 5.22. The lowest BCUT2D eigenvalue weighted by Gasteiger charge is -2.25. The van der Waals surface area contributed by atoms with E-state index in [4.69, 9.17) is 25.7 Å². The quantitative estimate of drug-likeness (QED) is 0.205. The summed E-state index contributed by atoms with van der Waals surface area (Å²) >= 11 is 10.9. The zero-order valence-electron chi connectivity index (χ0n) is 24.3. The van der Waals surface area contributed by atoms with Gasteiger partial charge in [0.25, 0.3) is 11.5 Å². The zero-order chi connectivity index (χ0) is 31.1. The number of aromatic nitrogens is 1. The van der Waals surface area contributed by atoms with Gasteiger partial charge in [-0.15, -0.1) is 0 Å². The van der Waals surface area contributed by atoms with Crippen molar-refractivity contribution in [3.63, 3.8) is 0 Å². The van der Waals surface area contributed by atoms with Gasteiger partial charge >= 0.3 is 0 Å². The van der Waals surface area contributed by atoms with Crippen molar-refractivity contribution in [1.29, 1.82) is 0 Å². The number of allylic oxidation sites excluding steroid dienone is 1. The van der Waals surface area contributed by atoms with Crippen LogP contribution in [-0.2, 0) is 4.79 Å². The number of anilines is 1. The van der Waals surface area contributed by atoms with Crippen molar-refractivity contribution < 1.29 is 13.9 Å². The lowest BCUT2D eigenvalue weighted by atomic mass is 9.95. The number of aryl methyl sites for hydroxylation is 2. The van der Waals surface area contributed by atoms with Crippen LogP contribution in [-0.4, -0.2) is 17.6 Å². The Morgan fingerprint density at radius 2 is 1.84 bits per heavy atom. The molecule has 44 heavy (non-hydrogen) atoms. The van der Waals surface area contributed by atoms with E-state index >= 15 is 0 Å². The molecule has 6 rings (SSSR count). The first-order valence-corrected chi connectivity index (χ1v) is 15.7. The number of nitrogens with one attached hydrogen (secondary N) is 1. The molecule has 0 bridgehead atoms. The molecule has 2 aromatic heterocycles. The maximum atomic E-state index is 14.0. The largest absolute Gasteiger partial charge is 0.497 e. The third-order valence-electron chi connectivity index (χ3n) is 7.43. The molecule has 1 aliphatic rings. The molecule has 1 aliphatic heterocycles. The Morgan fingerprint density at radius 1 is 1.07 bits per heavy atom. The summed E-state index contributed by atoms with van der Waals surface area (Å²) in [5, 5.41) is 3.62. The van der Waals surface area contributed by atoms with Crippen molar-refractivity contribution in [1.82, 2.24) is 4.57 Å². The van der Waals surface area contributed by atoms with E-state index < -0.39 is 6.04 Å². The summed E-state index contributed by atoms with van der Waals surface area (Å²) in [5.41, 5.74) is 4.96. The lowest BCUT2D eigenvalue weighted by molar-refractivity contribution is -0.113. The Balaban J connectivity index is 1.44. The molecule has 0 fully saturated rings. The molecule has 222 valence electrons. The van der Waals surface area contributed by atoms with Gasteiger partial charge in [-0.2, -0.15) is 0 Å². The van der Waals surface area contributed by atoms with Crippen molar-refractivity contribution in [3.05, 3.63) is 136 Å². The highest BCUT2D eigenvalue weighted by Crippen LogP contribution is 2.33. The van der Waals surface area contributed by atoms with Crippen LogP contribution in [0.1, 0.15) is 35.4 Å². The number of ether oxygens (including phenoxy) is 1. The van der Waals surface area contributed by atoms with E-state index in [1.807, 2.05) is 80.6 Å². The summed E-state index contributed by atoms with van der Waals surface area (Å²) in [4.78, 5) is 33.2. The molecule has 0 unspecified atom stereocenters. The van der Waals surface area contributed by atoms with Crippen molar-refractivity contribution >= 4 is 56.5 Å². The number of methoxy groups -OCH3 is 1. The van der Waals surface area contributed by atoms with Gasteiger partial charge in [0.1, 0.15) is 17.3 Å². The van der Waals surface area contributed by atoms with Gasteiger partial charge in [-0.3, -0.25) is 14.2 Å². The molecule has 10 heteroatoms. The number of furan rings is 1. The number of rotatable bonds is 6. The van der Waals surface area contributed by atoms with Crippen LogP contribution in [0.15, 0.2) is 103 Å². The van der Waals surface area contributed by atoms with E-state index in [0.29, 0.717) is 48.6 Å². The van der Waals surface area contributed by atoms with Crippen molar-refractivity contribution in [2.75, 3.05) is 12.4 Å². The predicted molar refractivity (Wildman–Crippen MR) is 178 cm³/mol. The second-order valence-corrected chi connectivity index (χ2v) is 12.7. The molecule has 3 heterocycles. The van der Waals surface area contributed by atoms with Gasteiger partial charge in [-0.1, -0.05) is 58.8 Å². The number of carbonyl (C=O) groups is 1. The Morgan fingerprint density at radius 3 is 2.55 bits per heavy atom. The maximum Gasteiger partial charge on any atom is 0.271 e. The summed E-state index contributed by atoms with van der Waals surface area (Å²) in [7, 11) is 1.59. The summed E-state index contributed by atoms with van der Waals surface area (Å²) in [6.07, 6.45) is 1.70. The van der Waals surface area contributed by atoms with E-state index in [9.17, 15) is 9.59 Å². The van der Waals surface area contributed by atoms with Crippen molar-refractivity contribution in [2.45, 2.75) is 26.8 Å². The third kappa shape index (κ3) is 5.70. The van der Waals surface area contributed by atoms with Gasteiger partial charge in [0, 0.05) is 21.8 Å². The Bertz CT molecular complexity index is 2140. The summed E-state index contributed by atoms with van der Waals surface area (Å²) in [6, 6.07) is 21.7. The number of amides is 1. The number of fused-ring (bicyclic) bond motifs is 1. The number of halogens is 2.